The summed E-state index contributed by atoms with van der Waals surface area (Å²) in [4.78, 5) is 4.77. The minimum absolute atomic E-state index is 0.232. The van der Waals surface area contributed by atoms with Crippen LogP contribution in [0, 0.1) is 0 Å². The van der Waals surface area contributed by atoms with Gasteiger partial charge in [-0.25, -0.2) is 0 Å². The first-order valence-electron chi connectivity index (χ1n) is 6.36. The van der Waals surface area contributed by atoms with Crippen LogP contribution < -0.4 is 5.32 Å². The molecule has 0 amide bonds. The highest BCUT2D eigenvalue weighted by Crippen LogP contribution is 1.97. The highest BCUT2D eigenvalue weighted by atomic mass is 15.2. The Hall–Kier alpha value is -0.120. The van der Waals surface area contributed by atoms with Gasteiger partial charge in [-0.2, -0.15) is 0 Å². The summed E-state index contributed by atoms with van der Waals surface area (Å²) in [7, 11) is 4.38. The van der Waals surface area contributed by atoms with Crippen LogP contribution >= 0.6 is 0 Å². The maximum absolute atomic E-state index is 3.51. The molecule has 0 aromatic carbocycles. The zero-order valence-corrected chi connectivity index (χ0v) is 12.3. The van der Waals surface area contributed by atoms with Crippen LogP contribution in [0.4, 0.5) is 0 Å². The van der Waals surface area contributed by atoms with Gasteiger partial charge in [-0.15, -0.1) is 0 Å². The van der Waals surface area contributed by atoms with Crippen LogP contribution in [-0.2, 0) is 0 Å². The summed E-state index contributed by atoms with van der Waals surface area (Å²) in [6.07, 6.45) is 0. The Kier molecular flexibility index (Phi) is 7.20. The summed E-state index contributed by atoms with van der Waals surface area (Å²) in [6, 6.07) is 0.640. The highest BCUT2D eigenvalue weighted by Gasteiger charge is 2.09. The lowest BCUT2D eigenvalue weighted by molar-refractivity contribution is 0.221. The van der Waals surface area contributed by atoms with Crippen molar-refractivity contribution in [3.63, 3.8) is 0 Å². The number of nitrogens with zero attached hydrogens (tertiary/aromatic N) is 2. The van der Waals surface area contributed by atoms with E-state index in [0.29, 0.717) is 6.04 Å². The average Bonchev–Trinajstić information content (AvgIpc) is 2.11. The monoisotopic (exact) mass is 229 g/mol. The number of rotatable bonds is 7. The molecule has 0 spiro atoms. The Bertz CT molecular complexity index is 173. The van der Waals surface area contributed by atoms with Crippen molar-refractivity contribution in [1.82, 2.24) is 15.1 Å². The number of nitrogens with one attached hydrogen (secondary N) is 1. The second-order valence-electron chi connectivity index (χ2n) is 6.05. The molecule has 16 heavy (non-hydrogen) atoms. The molecule has 0 atom stereocenters. The Balaban J connectivity index is 3.56. The average molecular weight is 229 g/mol. The molecule has 0 heterocycles. The standard InChI is InChI=1S/C13H31N3/c1-12(2)16(7)11-10-15(6)9-8-14-13(3,4)5/h12,14H,8-11H2,1-7H3. The molecule has 0 aromatic rings. The molecule has 0 aliphatic rings. The molecule has 0 radical (unpaired) electrons. The van der Waals surface area contributed by atoms with E-state index in [0.717, 1.165) is 26.2 Å². The van der Waals surface area contributed by atoms with E-state index in [1.807, 2.05) is 0 Å². The number of hydrogen-bond donors (Lipinski definition) is 1. The molecule has 3 heteroatoms. The lowest BCUT2D eigenvalue weighted by Crippen LogP contribution is -2.42. The topological polar surface area (TPSA) is 18.5 Å². The van der Waals surface area contributed by atoms with Gasteiger partial charge in [0.1, 0.15) is 0 Å². The van der Waals surface area contributed by atoms with Crippen LogP contribution in [0.5, 0.6) is 0 Å². The molecule has 0 saturated heterocycles. The minimum Gasteiger partial charge on any atom is -0.311 e. The smallest absolute Gasteiger partial charge is 0.0109 e. The molecule has 0 aliphatic heterocycles. The van der Waals surface area contributed by atoms with Crippen molar-refractivity contribution in [3.8, 4) is 0 Å². The molecule has 98 valence electrons. The third-order valence-electron chi connectivity index (χ3n) is 2.86. The molecule has 0 unspecified atom stereocenters. The predicted molar refractivity (Wildman–Crippen MR) is 73.0 cm³/mol. The molecule has 3 nitrogen and oxygen atoms in total. The van der Waals surface area contributed by atoms with Crippen LogP contribution in [0.15, 0.2) is 0 Å². The fourth-order valence-corrected chi connectivity index (χ4v) is 1.32. The Morgan fingerprint density at radius 3 is 2.00 bits per heavy atom. The van der Waals surface area contributed by atoms with Crippen molar-refractivity contribution in [2.45, 2.75) is 46.2 Å². The van der Waals surface area contributed by atoms with Crippen molar-refractivity contribution in [1.29, 1.82) is 0 Å². The van der Waals surface area contributed by atoms with E-state index in [1.54, 1.807) is 0 Å². The SMILES string of the molecule is CC(C)N(C)CCN(C)CCNC(C)(C)C. The van der Waals surface area contributed by atoms with Gasteiger partial charge in [-0.3, -0.25) is 0 Å². The van der Waals surface area contributed by atoms with E-state index >= 15 is 0 Å². The van der Waals surface area contributed by atoms with Gasteiger partial charge in [0.15, 0.2) is 0 Å². The van der Waals surface area contributed by atoms with Crippen molar-refractivity contribution in [2.75, 3.05) is 40.3 Å². The van der Waals surface area contributed by atoms with Crippen molar-refractivity contribution in [3.05, 3.63) is 0 Å². The zero-order valence-electron chi connectivity index (χ0n) is 12.3. The molecule has 0 aromatic heterocycles. The predicted octanol–water partition coefficient (Wildman–Crippen LogP) is 1.65. The summed E-state index contributed by atoms with van der Waals surface area (Å²) in [5.74, 6) is 0. The molecular formula is C13H31N3. The van der Waals surface area contributed by atoms with Gasteiger partial charge >= 0.3 is 0 Å². The fraction of sp³-hybridized carbons (Fsp3) is 1.00. The van der Waals surface area contributed by atoms with Crippen molar-refractivity contribution in [2.24, 2.45) is 0 Å². The molecule has 0 rings (SSSR count). The Morgan fingerprint density at radius 2 is 1.56 bits per heavy atom. The zero-order chi connectivity index (χ0) is 12.8. The van der Waals surface area contributed by atoms with E-state index in [1.165, 1.54) is 0 Å². The summed E-state index contributed by atoms with van der Waals surface area (Å²) >= 11 is 0. The van der Waals surface area contributed by atoms with E-state index < -0.39 is 0 Å². The van der Waals surface area contributed by atoms with E-state index in [9.17, 15) is 0 Å². The number of hydrogen-bond acceptors (Lipinski definition) is 3. The quantitative estimate of drug-likeness (QED) is 0.716. The molecular weight excluding hydrogens is 198 g/mol. The first-order chi connectivity index (χ1) is 7.22. The molecule has 0 aliphatic carbocycles. The van der Waals surface area contributed by atoms with E-state index in [2.05, 4.69) is 63.8 Å². The lowest BCUT2D eigenvalue weighted by Gasteiger charge is -2.26. The Labute approximate surface area is 102 Å². The van der Waals surface area contributed by atoms with Crippen LogP contribution in [0.25, 0.3) is 0 Å². The largest absolute Gasteiger partial charge is 0.311 e. The van der Waals surface area contributed by atoms with Gasteiger partial charge in [-0.1, -0.05) is 0 Å². The van der Waals surface area contributed by atoms with Crippen LogP contribution in [0.3, 0.4) is 0 Å². The third-order valence-corrected chi connectivity index (χ3v) is 2.86. The molecule has 0 fully saturated rings. The van der Waals surface area contributed by atoms with Crippen LogP contribution in [0.2, 0.25) is 0 Å². The number of likely N-dealkylation sites (N-methyl/N-ethyl adjacent to an activating group) is 2. The first-order valence-corrected chi connectivity index (χ1v) is 6.36. The highest BCUT2D eigenvalue weighted by molar-refractivity contribution is 4.71. The molecule has 0 saturated carbocycles. The van der Waals surface area contributed by atoms with Gasteiger partial charge in [0, 0.05) is 37.8 Å². The molecule has 1 N–H and O–H groups in total. The first kappa shape index (κ1) is 15.9. The maximum Gasteiger partial charge on any atom is 0.0109 e. The maximum atomic E-state index is 3.51. The summed E-state index contributed by atoms with van der Waals surface area (Å²) in [6.45, 7) is 15.6. The second kappa shape index (κ2) is 7.25. The van der Waals surface area contributed by atoms with Crippen molar-refractivity contribution < 1.29 is 0 Å². The van der Waals surface area contributed by atoms with Crippen molar-refractivity contribution >= 4 is 0 Å². The normalized spacial score (nSPS) is 13.1. The van der Waals surface area contributed by atoms with Gasteiger partial charge in [0.25, 0.3) is 0 Å². The van der Waals surface area contributed by atoms with E-state index in [4.69, 9.17) is 0 Å². The van der Waals surface area contributed by atoms with Gasteiger partial charge in [-0.05, 0) is 48.7 Å². The second-order valence-corrected chi connectivity index (χ2v) is 6.05. The summed E-state index contributed by atoms with van der Waals surface area (Å²) in [5.41, 5.74) is 0.232. The van der Waals surface area contributed by atoms with Gasteiger partial charge in [0.05, 0.1) is 0 Å². The lowest BCUT2D eigenvalue weighted by atomic mass is 10.1. The minimum atomic E-state index is 0.232. The van der Waals surface area contributed by atoms with Gasteiger partial charge < -0.3 is 15.1 Å². The fourth-order valence-electron chi connectivity index (χ4n) is 1.32. The summed E-state index contributed by atoms with van der Waals surface area (Å²) < 4.78 is 0. The van der Waals surface area contributed by atoms with E-state index in [-0.39, 0.29) is 5.54 Å². The molecule has 0 bridgehead atoms. The van der Waals surface area contributed by atoms with Crippen LogP contribution in [0.1, 0.15) is 34.6 Å². The van der Waals surface area contributed by atoms with Gasteiger partial charge in [0.2, 0.25) is 0 Å². The third kappa shape index (κ3) is 9.13. The van der Waals surface area contributed by atoms with Crippen LogP contribution in [-0.4, -0.2) is 61.7 Å². The summed E-state index contributed by atoms with van der Waals surface area (Å²) in [5, 5.41) is 3.51. The Morgan fingerprint density at radius 1 is 1.00 bits per heavy atom.